The summed E-state index contributed by atoms with van der Waals surface area (Å²) < 4.78 is 0. The third-order valence-electron chi connectivity index (χ3n) is 1.61. The first kappa shape index (κ1) is 14.0. The molecule has 1 atom stereocenters. The average molecular weight is 218 g/mol. The van der Waals surface area contributed by atoms with Crippen molar-refractivity contribution in [2.45, 2.75) is 6.10 Å². The Morgan fingerprint density at radius 2 is 2.29 bits per heavy atom. The summed E-state index contributed by atoms with van der Waals surface area (Å²) >= 11 is 1.85. The van der Waals surface area contributed by atoms with E-state index in [9.17, 15) is 5.11 Å². The van der Waals surface area contributed by atoms with Crippen LogP contribution in [0, 0.1) is 0 Å². The van der Waals surface area contributed by atoms with Gasteiger partial charge in [0.2, 0.25) is 0 Å². The zero-order valence-electron chi connectivity index (χ0n) is 9.20. The Morgan fingerprint density at radius 1 is 1.57 bits per heavy atom. The topological polar surface area (TPSA) is 35.5 Å². The Balaban J connectivity index is 3.14. The van der Waals surface area contributed by atoms with Crippen LogP contribution in [0.5, 0.6) is 0 Å². The fourth-order valence-electron chi connectivity index (χ4n) is 1.07. The monoisotopic (exact) mass is 218 g/mol. The Bertz CT molecular complexity index is 142. The third-order valence-corrected chi connectivity index (χ3v) is 2.58. The van der Waals surface area contributed by atoms with Gasteiger partial charge in [0.25, 0.3) is 0 Å². The van der Waals surface area contributed by atoms with Gasteiger partial charge in [0.15, 0.2) is 0 Å². The molecular formula is C10H22N2OS. The van der Waals surface area contributed by atoms with Gasteiger partial charge < -0.3 is 15.3 Å². The fraction of sp³-hybridized carbons (Fsp3) is 0.800. The van der Waals surface area contributed by atoms with Gasteiger partial charge in [-0.2, -0.15) is 11.8 Å². The van der Waals surface area contributed by atoms with Gasteiger partial charge in [0, 0.05) is 31.1 Å². The Hall–Kier alpha value is -0.0300. The van der Waals surface area contributed by atoms with E-state index in [0.717, 1.165) is 18.1 Å². The van der Waals surface area contributed by atoms with E-state index in [-0.39, 0.29) is 6.10 Å². The first-order valence-electron chi connectivity index (χ1n) is 4.89. The first-order valence-corrected chi connectivity index (χ1v) is 6.04. The maximum Gasteiger partial charge on any atom is 0.0791 e. The molecule has 0 aromatic rings. The molecule has 0 saturated carbocycles. The zero-order valence-corrected chi connectivity index (χ0v) is 10.0. The number of likely N-dealkylation sites (N-methyl/N-ethyl adjacent to an activating group) is 1. The van der Waals surface area contributed by atoms with Crippen molar-refractivity contribution in [3.05, 3.63) is 12.7 Å². The molecule has 0 bridgehead atoms. The van der Waals surface area contributed by atoms with E-state index < -0.39 is 0 Å². The van der Waals surface area contributed by atoms with Gasteiger partial charge in [-0.05, 0) is 14.1 Å². The molecule has 0 aliphatic carbocycles. The number of aliphatic hydroxyl groups excluding tert-OH is 1. The number of thioether (sulfide) groups is 1. The highest BCUT2D eigenvalue weighted by Gasteiger charge is 2.03. The quantitative estimate of drug-likeness (QED) is 0.434. The molecule has 0 aliphatic heterocycles. The van der Waals surface area contributed by atoms with Crippen LogP contribution in [-0.2, 0) is 0 Å². The summed E-state index contributed by atoms with van der Waals surface area (Å²) in [5.41, 5.74) is 0. The van der Waals surface area contributed by atoms with Crippen molar-refractivity contribution < 1.29 is 5.11 Å². The standard InChI is InChI=1S/C10H22N2OS/c1-4-6-14-7-5-11-8-10(13)9-12(2)3/h4,10-11,13H,1,5-9H2,2-3H3. The maximum absolute atomic E-state index is 9.50. The van der Waals surface area contributed by atoms with Gasteiger partial charge >= 0.3 is 0 Å². The predicted octanol–water partition coefficient (Wildman–Crippen LogP) is 0.418. The Kier molecular flexibility index (Phi) is 9.50. The van der Waals surface area contributed by atoms with Gasteiger partial charge in [0.1, 0.15) is 0 Å². The van der Waals surface area contributed by atoms with Gasteiger partial charge in [-0.25, -0.2) is 0 Å². The van der Waals surface area contributed by atoms with Crippen molar-refractivity contribution in [3.63, 3.8) is 0 Å². The smallest absolute Gasteiger partial charge is 0.0791 e. The van der Waals surface area contributed by atoms with Gasteiger partial charge in [-0.1, -0.05) is 6.08 Å². The van der Waals surface area contributed by atoms with E-state index in [1.165, 1.54) is 0 Å². The molecule has 1 unspecified atom stereocenters. The molecule has 0 aromatic heterocycles. The lowest BCUT2D eigenvalue weighted by Gasteiger charge is -2.16. The number of rotatable bonds is 9. The highest BCUT2D eigenvalue weighted by molar-refractivity contribution is 7.99. The largest absolute Gasteiger partial charge is 0.390 e. The summed E-state index contributed by atoms with van der Waals surface area (Å²) in [6.45, 7) is 5.99. The number of hydrogen-bond acceptors (Lipinski definition) is 4. The van der Waals surface area contributed by atoms with E-state index in [4.69, 9.17) is 0 Å². The van der Waals surface area contributed by atoms with E-state index in [2.05, 4.69) is 11.9 Å². The second-order valence-electron chi connectivity index (χ2n) is 3.48. The number of nitrogens with zero attached hydrogens (tertiary/aromatic N) is 1. The summed E-state index contributed by atoms with van der Waals surface area (Å²) in [6, 6.07) is 0. The van der Waals surface area contributed by atoms with Crippen LogP contribution < -0.4 is 5.32 Å². The molecule has 0 aliphatic rings. The van der Waals surface area contributed by atoms with Crippen LogP contribution in [0.4, 0.5) is 0 Å². The van der Waals surface area contributed by atoms with Crippen LogP contribution in [0.2, 0.25) is 0 Å². The van der Waals surface area contributed by atoms with Gasteiger partial charge in [-0.3, -0.25) is 0 Å². The predicted molar refractivity (Wildman–Crippen MR) is 65.0 cm³/mol. The molecule has 0 heterocycles. The lowest BCUT2D eigenvalue weighted by Crippen LogP contribution is -2.35. The molecule has 0 rings (SSSR count). The molecule has 84 valence electrons. The van der Waals surface area contributed by atoms with Gasteiger partial charge in [-0.15, -0.1) is 6.58 Å². The number of nitrogens with one attached hydrogen (secondary N) is 1. The van der Waals surface area contributed by atoms with Crippen molar-refractivity contribution in [1.82, 2.24) is 10.2 Å². The minimum atomic E-state index is -0.269. The molecule has 0 saturated heterocycles. The molecule has 0 fully saturated rings. The number of aliphatic hydroxyl groups is 1. The molecule has 0 aromatic carbocycles. The van der Waals surface area contributed by atoms with Crippen molar-refractivity contribution in [2.24, 2.45) is 0 Å². The van der Waals surface area contributed by atoms with E-state index in [1.807, 2.05) is 36.8 Å². The normalized spacial score (nSPS) is 13.1. The molecule has 0 amide bonds. The van der Waals surface area contributed by atoms with Crippen LogP contribution in [0.3, 0.4) is 0 Å². The molecule has 0 spiro atoms. The molecule has 4 heteroatoms. The fourth-order valence-corrected chi connectivity index (χ4v) is 1.69. The molecule has 3 nitrogen and oxygen atoms in total. The average Bonchev–Trinajstić information content (AvgIpc) is 2.10. The number of hydrogen-bond donors (Lipinski definition) is 2. The van der Waals surface area contributed by atoms with Crippen LogP contribution in [0.15, 0.2) is 12.7 Å². The van der Waals surface area contributed by atoms with Crippen molar-refractivity contribution in [1.29, 1.82) is 0 Å². The Morgan fingerprint density at radius 3 is 2.86 bits per heavy atom. The van der Waals surface area contributed by atoms with E-state index >= 15 is 0 Å². The zero-order chi connectivity index (χ0) is 10.8. The van der Waals surface area contributed by atoms with E-state index in [0.29, 0.717) is 13.1 Å². The second kappa shape index (κ2) is 9.52. The van der Waals surface area contributed by atoms with Crippen LogP contribution >= 0.6 is 11.8 Å². The van der Waals surface area contributed by atoms with Gasteiger partial charge in [0.05, 0.1) is 6.10 Å². The summed E-state index contributed by atoms with van der Waals surface area (Å²) in [7, 11) is 3.92. The maximum atomic E-state index is 9.50. The van der Waals surface area contributed by atoms with Crippen molar-refractivity contribution in [3.8, 4) is 0 Å². The highest BCUT2D eigenvalue weighted by Crippen LogP contribution is 1.96. The minimum Gasteiger partial charge on any atom is -0.390 e. The molecule has 0 radical (unpaired) electrons. The highest BCUT2D eigenvalue weighted by atomic mass is 32.2. The van der Waals surface area contributed by atoms with Crippen LogP contribution in [0.25, 0.3) is 0 Å². The first-order chi connectivity index (χ1) is 6.66. The van der Waals surface area contributed by atoms with E-state index in [1.54, 1.807) is 0 Å². The minimum absolute atomic E-state index is 0.269. The third kappa shape index (κ3) is 10.1. The molecule has 14 heavy (non-hydrogen) atoms. The van der Waals surface area contributed by atoms with Crippen molar-refractivity contribution in [2.75, 3.05) is 45.2 Å². The lowest BCUT2D eigenvalue weighted by molar-refractivity contribution is 0.135. The Labute approximate surface area is 91.6 Å². The lowest BCUT2D eigenvalue weighted by atomic mass is 10.3. The van der Waals surface area contributed by atoms with Crippen LogP contribution in [-0.4, -0.2) is 61.3 Å². The summed E-state index contributed by atoms with van der Waals surface area (Å²) in [4.78, 5) is 1.98. The second-order valence-corrected chi connectivity index (χ2v) is 4.63. The molecular weight excluding hydrogens is 196 g/mol. The summed E-state index contributed by atoms with van der Waals surface area (Å²) in [5, 5.41) is 12.7. The summed E-state index contributed by atoms with van der Waals surface area (Å²) in [6.07, 6.45) is 1.64. The molecule has 2 N–H and O–H groups in total. The SMILES string of the molecule is C=CCSCCNCC(O)CN(C)C. The summed E-state index contributed by atoms with van der Waals surface area (Å²) in [5.74, 6) is 2.07. The van der Waals surface area contributed by atoms with Crippen molar-refractivity contribution >= 4 is 11.8 Å². The van der Waals surface area contributed by atoms with Crippen LogP contribution in [0.1, 0.15) is 0 Å².